The fraction of sp³-hybridized carbons (Fsp3) is 0. The molecule has 166 valence electrons. The highest BCUT2D eigenvalue weighted by Gasteiger charge is 2.18. The molecule has 0 spiro atoms. The number of halogens is 3. The highest BCUT2D eigenvalue weighted by Crippen LogP contribution is 2.36. The fourth-order valence-electron chi connectivity index (χ4n) is 3.92. The Bertz CT molecular complexity index is 1460. The average molecular weight is 546 g/mol. The maximum Gasteiger partial charge on any atom is 0.0817 e. The van der Waals surface area contributed by atoms with E-state index in [0.717, 1.165) is 38.2 Å². The van der Waals surface area contributed by atoms with Gasteiger partial charge in [0.1, 0.15) is 0 Å². The van der Waals surface area contributed by atoms with Crippen LogP contribution in [0.1, 0.15) is 5.56 Å². The van der Waals surface area contributed by atoms with Crippen LogP contribution in [0.3, 0.4) is 0 Å². The van der Waals surface area contributed by atoms with Crippen molar-refractivity contribution >= 4 is 51.0 Å². The minimum Gasteiger partial charge on any atom is -0.309 e. The smallest absolute Gasteiger partial charge is 0.0817 e. The van der Waals surface area contributed by atoms with Gasteiger partial charge in [0, 0.05) is 27.0 Å². The molecule has 0 fully saturated rings. The zero-order valence-corrected chi connectivity index (χ0v) is 21.1. The summed E-state index contributed by atoms with van der Waals surface area (Å²) < 4.78 is 3.31. The molecule has 0 aliphatic rings. The van der Waals surface area contributed by atoms with E-state index in [2.05, 4.69) is 87.2 Å². The van der Waals surface area contributed by atoms with Crippen molar-refractivity contribution < 1.29 is 0 Å². The Morgan fingerprint density at radius 2 is 1.35 bits per heavy atom. The van der Waals surface area contributed by atoms with E-state index >= 15 is 0 Å². The molecule has 0 saturated heterocycles. The van der Waals surface area contributed by atoms with Gasteiger partial charge in [0.25, 0.3) is 0 Å². The van der Waals surface area contributed by atoms with Crippen LogP contribution in [0.4, 0.5) is 5.69 Å². The summed E-state index contributed by atoms with van der Waals surface area (Å²) >= 11 is 16.0. The number of aliphatic imine (C=N–C) groups is 1. The van der Waals surface area contributed by atoms with Crippen LogP contribution in [0.15, 0.2) is 119 Å². The fourth-order valence-corrected chi connectivity index (χ4v) is 4.65. The first-order chi connectivity index (χ1) is 16.6. The molecule has 1 aromatic heterocycles. The van der Waals surface area contributed by atoms with Gasteiger partial charge in [-0.05, 0) is 59.7 Å². The van der Waals surface area contributed by atoms with E-state index < -0.39 is 0 Å². The third kappa shape index (κ3) is 4.74. The molecular weight excluding hydrogens is 527 g/mol. The van der Waals surface area contributed by atoms with Gasteiger partial charge in [-0.2, -0.15) is 0 Å². The predicted molar refractivity (Wildman–Crippen MR) is 148 cm³/mol. The molecule has 2 nitrogen and oxygen atoms in total. The van der Waals surface area contributed by atoms with Crippen molar-refractivity contribution in [1.82, 2.24) is 4.57 Å². The van der Waals surface area contributed by atoms with Crippen molar-refractivity contribution in [3.05, 3.63) is 129 Å². The van der Waals surface area contributed by atoms with Crippen molar-refractivity contribution in [2.45, 2.75) is 0 Å². The van der Waals surface area contributed by atoms with Crippen LogP contribution >= 0.6 is 39.1 Å². The topological polar surface area (TPSA) is 17.3 Å². The first-order valence-corrected chi connectivity index (χ1v) is 12.3. The van der Waals surface area contributed by atoms with Gasteiger partial charge < -0.3 is 4.57 Å². The molecule has 0 unspecified atom stereocenters. The Kier molecular flexibility index (Phi) is 6.68. The Labute approximate surface area is 217 Å². The summed E-state index contributed by atoms with van der Waals surface area (Å²) in [5.41, 5.74) is 7.05. The van der Waals surface area contributed by atoms with Crippen LogP contribution in [-0.4, -0.2) is 10.8 Å². The molecular formula is C29H19BrCl2N2. The summed E-state index contributed by atoms with van der Waals surface area (Å²) in [7, 11) is 0. The summed E-state index contributed by atoms with van der Waals surface area (Å²) in [5.74, 6) is 0. The number of rotatable bonds is 5. The van der Waals surface area contributed by atoms with Crippen LogP contribution < -0.4 is 0 Å². The molecule has 0 amide bonds. The lowest BCUT2D eigenvalue weighted by Crippen LogP contribution is -2.00. The minimum atomic E-state index is 0.514. The Morgan fingerprint density at radius 3 is 2.00 bits per heavy atom. The van der Waals surface area contributed by atoms with Crippen molar-refractivity contribution in [2.24, 2.45) is 4.99 Å². The summed E-state index contributed by atoms with van der Waals surface area (Å²) in [6.07, 6.45) is 1.87. The number of hydrogen-bond donors (Lipinski definition) is 0. The zero-order chi connectivity index (χ0) is 23.5. The van der Waals surface area contributed by atoms with Crippen LogP contribution in [0.5, 0.6) is 0 Å². The molecule has 5 aromatic rings. The highest BCUT2D eigenvalue weighted by molar-refractivity contribution is 9.10. The number of nitrogens with zero attached hydrogens (tertiary/aromatic N) is 2. The lowest BCUT2D eigenvalue weighted by Gasteiger charge is -2.15. The number of aromatic nitrogens is 1. The molecule has 34 heavy (non-hydrogen) atoms. The zero-order valence-electron chi connectivity index (χ0n) is 18.0. The van der Waals surface area contributed by atoms with Crippen molar-refractivity contribution in [2.75, 3.05) is 0 Å². The average Bonchev–Trinajstić information content (AvgIpc) is 3.24. The van der Waals surface area contributed by atoms with E-state index in [9.17, 15) is 0 Å². The van der Waals surface area contributed by atoms with E-state index in [1.807, 2.05) is 36.5 Å². The minimum absolute atomic E-state index is 0.514. The maximum atomic E-state index is 6.39. The maximum absolute atomic E-state index is 6.39. The van der Waals surface area contributed by atoms with Gasteiger partial charge in [-0.1, -0.05) is 99.8 Å². The molecule has 5 heteroatoms. The lowest BCUT2D eigenvalue weighted by atomic mass is 10.1. The summed E-state index contributed by atoms with van der Waals surface area (Å²) in [6.45, 7) is 0. The highest BCUT2D eigenvalue weighted by atomic mass is 79.9. The second kappa shape index (κ2) is 10.0. The Hall–Kier alpha value is -3.11. The molecule has 0 bridgehead atoms. The third-order valence-electron chi connectivity index (χ3n) is 5.48. The summed E-state index contributed by atoms with van der Waals surface area (Å²) in [4.78, 5) is 4.72. The third-order valence-corrected chi connectivity index (χ3v) is 6.55. The van der Waals surface area contributed by atoms with Crippen molar-refractivity contribution in [1.29, 1.82) is 0 Å². The molecule has 0 saturated carbocycles. The van der Waals surface area contributed by atoms with E-state index in [1.54, 1.807) is 12.1 Å². The van der Waals surface area contributed by atoms with Gasteiger partial charge >= 0.3 is 0 Å². The molecule has 4 aromatic carbocycles. The van der Waals surface area contributed by atoms with Gasteiger partial charge in [-0.15, -0.1) is 0 Å². The van der Waals surface area contributed by atoms with Gasteiger partial charge in [0.05, 0.1) is 22.1 Å². The molecule has 0 aliphatic heterocycles. The van der Waals surface area contributed by atoms with Crippen molar-refractivity contribution in [3.8, 4) is 28.2 Å². The first-order valence-electron chi connectivity index (χ1n) is 10.7. The lowest BCUT2D eigenvalue weighted by molar-refractivity contribution is 1.09. The largest absolute Gasteiger partial charge is 0.309 e. The molecule has 0 aliphatic carbocycles. The summed E-state index contributed by atoms with van der Waals surface area (Å²) in [5, 5.41) is 1.10. The quantitative estimate of drug-likeness (QED) is 0.195. The Balaban J connectivity index is 1.77. The van der Waals surface area contributed by atoms with Crippen LogP contribution in [0, 0.1) is 0 Å². The molecule has 0 N–H and O–H groups in total. The summed E-state index contributed by atoms with van der Waals surface area (Å²) in [6, 6.07) is 36.6. The van der Waals surface area contributed by atoms with Gasteiger partial charge in [-0.3, -0.25) is 4.99 Å². The molecule has 0 radical (unpaired) electrons. The van der Waals surface area contributed by atoms with Gasteiger partial charge in [-0.25, -0.2) is 0 Å². The standard InChI is InChI=1S/C29H19BrCl2N2/c30-23-11-14-25(15-12-23)34-28(20-7-3-1-4-8-20)17-22(29(34)21-9-5-2-6-10-21)19-33-27-16-13-24(31)18-26(27)32/h1-19H. The molecule has 1 heterocycles. The Morgan fingerprint density at radius 1 is 0.706 bits per heavy atom. The predicted octanol–water partition coefficient (Wildman–Crippen LogP) is 9.63. The first kappa shape index (κ1) is 22.7. The van der Waals surface area contributed by atoms with E-state index in [1.165, 1.54) is 0 Å². The van der Waals surface area contributed by atoms with E-state index in [0.29, 0.717) is 15.7 Å². The molecule has 5 rings (SSSR count). The van der Waals surface area contributed by atoms with Crippen LogP contribution in [-0.2, 0) is 0 Å². The van der Waals surface area contributed by atoms with Crippen LogP contribution in [0.2, 0.25) is 10.0 Å². The second-order valence-electron chi connectivity index (χ2n) is 7.73. The second-order valence-corrected chi connectivity index (χ2v) is 9.49. The number of hydrogen-bond acceptors (Lipinski definition) is 1. The van der Waals surface area contributed by atoms with E-state index in [4.69, 9.17) is 28.2 Å². The molecule has 0 atom stereocenters. The SMILES string of the molecule is Clc1ccc(N=Cc2cc(-c3ccccc3)n(-c3ccc(Br)cc3)c2-c2ccccc2)c(Cl)c1. The van der Waals surface area contributed by atoms with Crippen LogP contribution in [0.25, 0.3) is 28.2 Å². The number of benzene rings is 4. The van der Waals surface area contributed by atoms with Crippen molar-refractivity contribution in [3.63, 3.8) is 0 Å². The van der Waals surface area contributed by atoms with Gasteiger partial charge in [0.2, 0.25) is 0 Å². The van der Waals surface area contributed by atoms with Gasteiger partial charge in [0.15, 0.2) is 0 Å². The monoisotopic (exact) mass is 544 g/mol. The normalized spacial score (nSPS) is 11.3. The van der Waals surface area contributed by atoms with E-state index in [-0.39, 0.29) is 0 Å².